The van der Waals surface area contributed by atoms with Crippen molar-refractivity contribution in [1.82, 2.24) is 0 Å². The second-order valence-corrected chi connectivity index (χ2v) is 4.09. The minimum Gasteiger partial charge on any atom is -0.497 e. The fourth-order valence-corrected chi connectivity index (χ4v) is 1.75. The van der Waals surface area contributed by atoms with E-state index in [-0.39, 0.29) is 5.56 Å². The van der Waals surface area contributed by atoms with Gasteiger partial charge in [-0.15, -0.1) is 0 Å². The number of carboxylic acid groups (broad SMARTS) is 1. The molecular weight excluding hydrogens is 244 g/mol. The van der Waals surface area contributed by atoms with E-state index in [4.69, 9.17) is 14.6 Å². The van der Waals surface area contributed by atoms with Gasteiger partial charge in [-0.2, -0.15) is 0 Å². The zero-order valence-corrected chi connectivity index (χ0v) is 10.7. The smallest absolute Gasteiger partial charge is 0.339 e. The molecule has 0 radical (unpaired) electrons. The number of para-hydroxylation sites is 1. The van der Waals surface area contributed by atoms with Gasteiger partial charge in [0.1, 0.15) is 22.8 Å². The molecule has 0 atom stereocenters. The number of hydrogen-bond acceptors (Lipinski definition) is 3. The molecule has 98 valence electrons. The summed E-state index contributed by atoms with van der Waals surface area (Å²) in [6.07, 6.45) is 0. The molecule has 0 aromatic heterocycles. The summed E-state index contributed by atoms with van der Waals surface area (Å²) in [6, 6.07) is 11.9. The van der Waals surface area contributed by atoms with Crippen molar-refractivity contribution in [3.05, 3.63) is 53.6 Å². The molecule has 0 fully saturated rings. The van der Waals surface area contributed by atoms with Crippen LogP contribution in [-0.4, -0.2) is 18.2 Å². The van der Waals surface area contributed by atoms with Crippen LogP contribution >= 0.6 is 0 Å². The van der Waals surface area contributed by atoms with Crippen LogP contribution in [0.3, 0.4) is 0 Å². The lowest BCUT2D eigenvalue weighted by Crippen LogP contribution is -1.99. The zero-order valence-electron chi connectivity index (χ0n) is 10.7. The van der Waals surface area contributed by atoms with E-state index >= 15 is 0 Å². The highest BCUT2D eigenvalue weighted by Gasteiger charge is 2.11. The SMILES string of the molecule is COc1cc(C)cc(Oc2ccccc2C(=O)O)c1. The van der Waals surface area contributed by atoms with Crippen molar-refractivity contribution in [3.63, 3.8) is 0 Å². The molecule has 0 aliphatic heterocycles. The predicted molar refractivity (Wildman–Crippen MR) is 71.2 cm³/mol. The molecule has 0 aliphatic carbocycles. The number of carbonyl (C=O) groups is 1. The van der Waals surface area contributed by atoms with E-state index in [0.29, 0.717) is 17.2 Å². The van der Waals surface area contributed by atoms with E-state index in [1.54, 1.807) is 31.4 Å². The van der Waals surface area contributed by atoms with Crippen LogP contribution in [0.25, 0.3) is 0 Å². The molecule has 2 aromatic rings. The third-order valence-electron chi connectivity index (χ3n) is 2.61. The van der Waals surface area contributed by atoms with Gasteiger partial charge in [0.15, 0.2) is 0 Å². The first-order valence-corrected chi connectivity index (χ1v) is 5.76. The van der Waals surface area contributed by atoms with Crippen LogP contribution in [0.2, 0.25) is 0 Å². The first-order chi connectivity index (χ1) is 9.10. The summed E-state index contributed by atoms with van der Waals surface area (Å²) in [5.41, 5.74) is 1.10. The van der Waals surface area contributed by atoms with Crippen molar-refractivity contribution in [2.45, 2.75) is 6.92 Å². The number of aryl methyl sites for hydroxylation is 1. The fraction of sp³-hybridized carbons (Fsp3) is 0.133. The largest absolute Gasteiger partial charge is 0.497 e. The summed E-state index contributed by atoms with van der Waals surface area (Å²) in [5, 5.41) is 9.09. The van der Waals surface area contributed by atoms with Gasteiger partial charge >= 0.3 is 5.97 Å². The fourth-order valence-electron chi connectivity index (χ4n) is 1.75. The Morgan fingerprint density at radius 2 is 1.79 bits per heavy atom. The maximum atomic E-state index is 11.1. The highest BCUT2D eigenvalue weighted by molar-refractivity contribution is 5.90. The van der Waals surface area contributed by atoms with Crippen molar-refractivity contribution in [3.8, 4) is 17.2 Å². The molecule has 2 rings (SSSR count). The van der Waals surface area contributed by atoms with Gasteiger partial charge in [-0.25, -0.2) is 4.79 Å². The number of benzene rings is 2. The number of aromatic carboxylic acids is 1. The van der Waals surface area contributed by atoms with Crippen molar-refractivity contribution in [2.75, 3.05) is 7.11 Å². The summed E-state index contributed by atoms with van der Waals surface area (Å²) >= 11 is 0. The van der Waals surface area contributed by atoms with Crippen LogP contribution in [0.15, 0.2) is 42.5 Å². The van der Waals surface area contributed by atoms with E-state index in [9.17, 15) is 4.79 Å². The molecule has 4 heteroatoms. The molecule has 19 heavy (non-hydrogen) atoms. The first kappa shape index (κ1) is 13.0. The summed E-state index contributed by atoms with van der Waals surface area (Å²) in [6.45, 7) is 1.92. The van der Waals surface area contributed by atoms with Crippen molar-refractivity contribution >= 4 is 5.97 Å². The van der Waals surface area contributed by atoms with E-state index in [2.05, 4.69) is 0 Å². The maximum Gasteiger partial charge on any atom is 0.339 e. The van der Waals surface area contributed by atoms with E-state index in [0.717, 1.165) is 5.56 Å². The van der Waals surface area contributed by atoms with Gasteiger partial charge in [0.25, 0.3) is 0 Å². The Kier molecular flexibility index (Phi) is 3.71. The number of methoxy groups -OCH3 is 1. The average molecular weight is 258 g/mol. The maximum absolute atomic E-state index is 11.1. The second kappa shape index (κ2) is 5.44. The molecule has 2 aromatic carbocycles. The minimum absolute atomic E-state index is 0.128. The number of carboxylic acids is 1. The minimum atomic E-state index is -1.02. The summed E-state index contributed by atoms with van der Waals surface area (Å²) in [4.78, 5) is 11.1. The molecule has 0 spiro atoms. The molecule has 0 unspecified atom stereocenters. The van der Waals surface area contributed by atoms with E-state index in [1.165, 1.54) is 6.07 Å². The van der Waals surface area contributed by atoms with Crippen LogP contribution in [0.1, 0.15) is 15.9 Å². The van der Waals surface area contributed by atoms with Crippen molar-refractivity contribution in [1.29, 1.82) is 0 Å². The van der Waals surface area contributed by atoms with Gasteiger partial charge in [-0.3, -0.25) is 0 Å². The average Bonchev–Trinajstić information content (AvgIpc) is 2.38. The third kappa shape index (κ3) is 3.04. The predicted octanol–water partition coefficient (Wildman–Crippen LogP) is 3.49. The topological polar surface area (TPSA) is 55.8 Å². The van der Waals surface area contributed by atoms with Gasteiger partial charge in [0, 0.05) is 6.07 Å². The summed E-state index contributed by atoms with van der Waals surface area (Å²) in [7, 11) is 1.57. The molecular formula is C15H14O4. The molecule has 0 aliphatic rings. The summed E-state index contributed by atoms with van der Waals surface area (Å²) < 4.78 is 10.8. The Labute approximate surface area is 111 Å². The molecule has 0 bridgehead atoms. The van der Waals surface area contributed by atoms with Gasteiger partial charge in [0.05, 0.1) is 7.11 Å². The Hall–Kier alpha value is -2.49. The van der Waals surface area contributed by atoms with E-state index in [1.807, 2.05) is 19.1 Å². The van der Waals surface area contributed by atoms with Gasteiger partial charge in [-0.1, -0.05) is 12.1 Å². The molecule has 4 nitrogen and oxygen atoms in total. The summed E-state index contributed by atoms with van der Waals surface area (Å²) in [5.74, 6) is 0.506. The molecule has 0 amide bonds. The molecule has 1 N–H and O–H groups in total. The van der Waals surface area contributed by atoms with Crippen LogP contribution in [-0.2, 0) is 0 Å². The normalized spacial score (nSPS) is 10.0. The van der Waals surface area contributed by atoms with Gasteiger partial charge in [0.2, 0.25) is 0 Å². The van der Waals surface area contributed by atoms with Crippen LogP contribution in [0.4, 0.5) is 0 Å². The third-order valence-corrected chi connectivity index (χ3v) is 2.61. The lowest BCUT2D eigenvalue weighted by Gasteiger charge is -2.10. The van der Waals surface area contributed by atoms with Crippen molar-refractivity contribution < 1.29 is 19.4 Å². The highest BCUT2D eigenvalue weighted by atomic mass is 16.5. The highest BCUT2D eigenvalue weighted by Crippen LogP contribution is 2.29. The van der Waals surface area contributed by atoms with Crippen molar-refractivity contribution in [2.24, 2.45) is 0 Å². The van der Waals surface area contributed by atoms with Gasteiger partial charge < -0.3 is 14.6 Å². The quantitative estimate of drug-likeness (QED) is 0.912. The number of hydrogen-bond donors (Lipinski definition) is 1. The molecule has 0 heterocycles. The Morgan fingerprint density at radius 1 is 1.11 bits per heavy atom. The second-order valence-electron chi connectivity index (χ2n) is 4.09. The zero-order chi connectivity index (χ0) is 13.8. The lowest BCUT2D eigenvalue weighted by molar-refractivity contribution is 0.0694. The van der Waals surface area contributed by atoms with Crippen LogP contribution in [0, 0.1) is 6.92 Å². The van der Waals surface area contributed by atoms with Crippen LogP contribution in [0.5, 0.6) is 17.2 Å². The van der Waals surface area contributed by atoms with Crippen LogP contribution < -0.4 is 9.47 Å². The Bertz CT molecular complexity index is 605. The Balaban J connectivity index is 2.36. The standard InChI is InChI=1S/C15H14O4/c1-10-7-11(18-2)9-12(8-10)19-14-6-4-3-5-13(14)15(16)17/h3-9H,1-2H3,(H,16,17). The van der Waals surface area contributed by atoms with Gasteiger partial charge in [-0.05, 0) is 36.8 Å². The first-order valence-electron chi connectivity index (χ1n) is 5.76. The molecule has 0 saturated carbocycles. The number of ether oxygens (including phenoxy) is 2. The monoisotopic (exact) mass is 258 g/mol. The van der Waals surface area contributed by atoms with E-state index < -0.39 is 5.97 Å². The number of rotatable bonds is 4. The lowest BCUT2D eigenvalue weighted by atomic mass is 10.2. The molecule has 0 saturated heterocycles. The Morgan fingerprint density at radius 3 is 2.47 bits per heavy atom.